The van der Waals surface area contributed by atoms with Gasteiger partial charge in [-0.3, -0.25) is 14.9 Å². The van der Waals surface area contributed by atoms with E-state index in [0.29, 0.717) is 53.2 Å². The van der Waals surface area contributed by atoms with Gasteiger partial charge in [0.25, 0.3) is 11.8 Å². The van der Waals surface area contributed by atoms with Crippen molar-refractivity contribution in [1.82, 2.24) is 10.2 Å². The summed E-state index contributed by atoms with van der Waals surface area (Å²) in [4.78, 5) is 29.5. The third kappa shape index (κ3) is 6.64. The van der Waals surface area contributed by atoms with Gasteiger partial charge in [0, 0.05) is 47.6 Å². The Morgan fingerprint density at radius 3 is 2.14 bits per heavy atom. The zero-order valence-electron chi connectivity index (χ0n) is 19.8. The average molecular weight is 578 g/mol. The molecule has 1 heterocycles. The lowest BCUT2D eigenvalue weighted by atomic mass is 10.1. The Kier molecular flexibility index (Phi) is 8.76. The van der Waals surface area contributed by atoms with Gasteiger partial charge in [-0.2, -0.15) is 0 Å². The lowest BCUT2D eigenvalue weighted by Crippen LogP contribution is -2.48. The number of carbonyl (C=O) groups excluding carboxylic acids is 2. The maximum absolute atomic E-state index is 13.0. The summed E-state index contributed by atoms with van der Waals surface area (Å²) in [6.45, 7) is 2.49. The highest BCUT2D eigenvalue weighted by Crippen LogP contribution is 2.26. The summed E-state index contributed by atoms with van der Waals surface area (Å²) in [6, 6.07) is 17.3. The van der Waals surface area contributed by atoms with Crippen LogP contribution in [0.15, 0.2) is 60.7 Å². The maximum Gasteiger partial charge on any atom is 0.258 e. The molecule has 0 atom stereocenters. The number of thiocarbonyl (C=S) groups is 1. The first-order valence-electron chi connectivity index (χ1n) is 11.3. The molecule has 7 nitrogen and oxygen atoms in total. The molecular weight excluding hydrogens is 555 g/mol. The van der Waals surface area contributed by atoms with E-state index in [-0.39, 0.29) is 21.6 Å². The maximum atomic E-state index is 13.0. The molecule has 0 unspecified atom stereocenters. The highest BCUT2D eigenvalue weighted by molar-refractivity contribution is 7.80. The molecule has 1 fully saturated rings. The smallest absolute Gasteiger partial charge is 0.258 e. The van der Waals surface area contributed by atoms with Crippen LogP contribution in [0.1, 0.15) is 20.7 Å². The number of nitrogens with one attached hydrogen (secondary N) is 2. The molecule has 0 aromatic heterocycles. The van der Waals surface area contributed by atoms with E-state index in [4.69, 9.17) is 51.8 Å². The summed E-state index contributed by atoms with van der Waals surface area (Å²) in [7, 11) is 1.53. The molecule has 0 radical (unpaired) electrons. The minimum Gasteiger partial charge on any atom is -0.496 e. The van der Waals surface area contributed by atoms with Crippen molar-refractivity contribution in [1.29, 1.82) is 0 Å². The Morgan fingerprint density at radius 2 is 1.49 bits per heavy atom. The molecule has 2 N–H and O–H groups in total. The van der Waals surface area contributed by atoms with Crippen LogP contribution in [0, 0.1) is 0 Å². The predicted molar refractivity (Wildman–Crippen MR) is 153 cm³/mol. The third-order valence-corrected chi connectivity index (χ3v) is 6.85. The molecule has 1 aliphatic heterocycles. The Morgan fingerprint density at radius 1 is 0.865 bits per heavy atom. The Labute approximate surface area is 235 Å². The van der Waals surface area contributed by atoms with Crippen LogP contribution in [0.25, 0.3) is 0 Å². The molecule has 1 aliphatic rings. The normalized spacial score (nSPS) is 13.2. The molecule has 1 saturated heterocycles. The monoisotopic (exact) mass is 576 g/mol. The molecule has 37 heavy (non-hydrogen) atoms. The van der Waals surface area contributed by atoms with Crippen molar-refractivity contribution in [2.75, 3.05) is 43.5 Å². The third-order valence-electron chi connectivity index (χ3n) is 5.85. The van der Waals surface area contributed by atoms with E-state index < -0.39 is 5.91 Å². The molecule has 0 bridgehead atoms. The lowest BCUT2D eigenvalue weighted by Gasteiger charge is -2.36. The van der Waals surface area contributed by atoms with Gasteiger partial charge in [-0.15, -0.1) is 0 Å². The van der Waals surface area contributed by atoms with Crippen LogP contribution in [0.4, 0.5) is 11.4 Å². The van der Waals surface area contributed by atoms with E-state index in [1.165, 1.54) is 13.2 Å². The number of carbonyl (C=O) groups is 2. The van der Waals surface area contributed by atoms with Crippen molar-refractivity contribution in [2.24, 2.45) is 0 Å². The molecule has 4 rings (SSSR count). The van der Waals surface area contributed by atoms with Crippen molar-refractivity contribution in [3.05, 3.63) is 86.9 Å². The van der Waals surface area contributed by atoms with E-state index in [9.17, 15) is 9.59 Å². The van der Waals surface area contributed by atoms with Crippen LogP contribution < -0.4 is 20.3 Å². The molecule has 0 aliphatic carbocycles. The standard InChI is InChI=1S/C26H23Cl3N4O3S/c1-36-23-9-3-17(28)15-21(23)25(35)33-12-10-32(11-13-33)19-6-4-18(5-7-19)30-26(37)31-24(34)20-14-16(27)2-8-22(20)29/h2-9,14-15H,10-13H2,1H3,(H2,30,31,34,37). The van der Waals surface area contributed by atoms with Crippen molar-refractivity contribution in [3.8, 4) is 5.75 Å². The first-order valence-corrected chi connectivity index (χ1v) is 12.8. The van der Waals surface area contributed by atoms with Crippen LogP contribution >= 0.6 is 47.0 Å². The number of hydrogen-bond donors (Lipinski definition) is 2. The Hall–Kier alpha value is -3.04. The van der Waals surface area contributed by atoms with Crippen LogP contribution in [-0.2, 0) is 0 Å². The molecule has 2 amide bonds. The molecular formula is C26H23Cl3N4O3S. The second-order valence-corrected chi connectivity index (χ2v) is 9.89. The summed E-state index contributed by atoms with van der Waals surface area (Å²) in [5.41, 5.74) is 2.42. The molecule has 0 spiro atoms. The number of halogens is 3. The van der Waals surface area contributed by atoms with Gasteiger partial charge in [0.2, 0.25) is 0 Å². The van der Waals surface area contributed by atoms with Crippen molar-refractivity contribution in [3.63, 3.8) is 0 Å². The summed E-state index contributed by atoms with van der Waals surface area (Å²) < 4.78 is 5.33. The van der Waals surface area contributed by atoms with Gasteiger partial charge >= 0.3 is 0 Å². The van der Waals surface area contributed by atoms with E-state index in [1.807, 2.05) is 24.3 Å². The molecule has 3 aromatic carbocycles. The number of amides is 2. The predicted octanol–water partition coefficient (Wildman–Crippen LogP) is 5.74. The fourth-order valence-corrected chi connectivity index (χ4v) is 4.70. The van der Waals surface area contributed by atoms with E-state index in [0.717, 1.165) is 5.69 Å². The Balaban J connectivity index is 1.31. The van der Waals surface area contributed by atoms with Gasteiger partial charge in [-0.25, -0.2) is 0 Å². The van der Waals surface area contributed by atoms with Gasteiger partial charge < -0.3 is 19.9 Å². The number of ether oxygens (including phenoxy) is 1. The summed E-state index contributed by atoms with van der Waals surface area (Å²) >= 11 is 23.4. The number of piperazine rings is 1. The second-order valence-electron chi connectivity index (χ2n) is 8.20. The zero-order valence-corrected chi connectivity index (χ0v) is 22.8. The van der Waals surface area contributed by atoms with Gasteiger partial charge in [-0.05, 0) is 72.9 Å². The van der Waals surface area contributed by atoms with Crippen LogP contribution in [0.5, 0.6) is 5.75 Å². The van der Waals surface area contributed by atoms with Crippen molar-refractivity contribution < 1.29 is 14.3 Å². The van der Waals surface area contributed by atoms with E-state index in [2.05, 4.69) is 15.5 Å². The number of anilines is 2. The van der Waals surface area contributed by atoms with Crippen LogP contribution in [-0.4, -0.2) is 55.1 Å². The van der Waals surface area contributed by atoms with Crippen molar-refractivity contribution >= 4 is 75.3 Å². The zero-order chi connectivity index (χ0) is 26.5. The number of rotatable bonds is 5. The topological polar surface area (TPSA) is 73.9 Å². The summed E-state index contributed by atoms with van der Waals surface area (Å²) in [5.74, 6) is -0.0534. The Bertz CT molecular complexity index is 1330. The fourth-order valence-electron chi connectivity index (χ4n) is 3.95. The molecule has 192 valence electrons. The summed E-state index contributed by atoms with van der Waals surface area (Å²) in [5, 5.41) is 6.90. The highest BCUT2D eigenvalue weighted by Gasteiger charge is 2.25. The highest BCUT2D eigenvalue weighted by atomic mass is 35.5. The van der Waals surface area contributed by atoms with Crippen LogP contribution in [0.3, 0.4) is 0 Å². The molecule has 0 saturated carbocycles. The molecule has 11 heteroatoms. The summed E-state index contributed by atoms with van der Waals surface area (Å²) in [6.07, 6.45) is 0. The second kappa shape index (κ2) is 12.0. The minimum atomic E-state index is -0.454. The first-order chi connectivity index (χ1) is 17.7. The van der Waals surface area contributed by atoms with Gasteiger partial charge in [0.05, 0.1) is 23.3 Å². The SMILES string of the molecule is COc1ccc(Cl)cc1C(=O)N1CCN(c2ccc(NC(=S)NC(=O)c3cc(Cl)ccc3Cl)cc2)CC1. The lowest BCUT2D eigenvalue weighted by molar-refractivity contribution is 0.0743. The van der Waals surface area contributed by atoms with Crippen molar-refractivity contribution in [2.45, 2.75) is 0 Å². The van der Waals surface area contributed by atoms with E-state index >= 15 is 0 Å². The van der Waals surface area contributed by atoms with Gasteiger partial charge in [0.15, 0.2) is 5.11 Å². The van der Waals surface area contributed by atoms with E-state index in [1.54, 1.807) is 35.2 Å². The number of nitrogens with zero attached hydrogens (tertiary/aromatic N) is 2. The number of hydrogen-bond acceptors (Lipinski definition) is 5. The number of benzene rings is 3. The van der Waals surface area contributed by atoms with Crippen LogP contribution in [0.2, 0.25) is 15.1 Å². The van der Waals surface area contributed by atoms with Gasteiger partial charge in [0.1, 0.15) is 5.75 Å². The quantitative estimate of drug-likeness (QED) is 0.377. The first kappa shape index (κ1) is 27.0. The fraction of sp³-hybridized carbons (Fsp3) is 0.192. The largest absolute Gasteiger partial charge is 0.496 e. The number of methoxy groups -OCH3 is 1. The molecule has 3 aromatic rings. The minimum absolute atomic E-state index is 0.104. The van der Waals surface area contributed by atoms with Gasteiger partial charge in [-0.1, -0.05) is 34.8 Å². The average Bonchev–Trinajstić information content (AvgIpc) is 2.90.